The van der Waals surface area contributed by atoms with Gasteiger partial charge in [-0.05, 0) is 201 Å². The van der Waals surface area contributed by atoms with Crippen LogP contribution in [0.3, 0.4) is 0 Å². The van der Waals surface area contributed by atoms with Crippen LogP contribution < -0.4 is 14.7 Å². The standard InChI is InChI=1S/C36H23NO2.C32H21NO2.C28H19NO2/c38-35-32-13-7-8-14-33(32)36(39)34(35)20-24-15-16-25-22-28-23-31(18-17-26(28)21-27(25)19-24)37(29-9-3-1-4-10-29)30-11-5-2-6-12-30;34-31-28-13-7-8-14-29(28)32(35)30(31)20-22-15-16-24-21-27(18-17-23(24)19-22)33(25-9-3-1-4-10-25)26-11-5-2-6-12-26;30-27-24-13-7-8-14-25(24)28(31)26(27)19-20-15-17-23(18-16-20)29(21-9-3-1-4-10-21)22-11-5-2-6-12-22/h1-23H;1-21H;1-19H. The summed E-state index contributed by atoms with van der Waals surface area (Å²) in [5.41, 5.74) is 15.6. The Hall–Kier alpha value is -14.3. The average molecular weight is 1350 g/mol. The Bertz CT molecular complexity index is 5790. The van der Waals surface area contributed by atoms with Crippen molar-refractivity contribution >= 4 is 136 Å². The van der Waals surface area contributed by atoms with Crippen molar-refractivity contribution in [3.63, 3.8) is 0 Å². The van der Waals surface area contributed by atoms with Crippen molar-refractivity contribution in [2.75, 3.05) is 14.7 Å². The fraction of sp³-hybridized carbons (Fsp3) is 0. The molecule has 0 saturated carbocycles. The molecule has 0 saturated heterocycles. The Morgan fingerprint density at radius 1 is 0.162 bits per heavy atom. The normalized spacial score (nSPS) is 12.6. The van der Waals surface area contributed by atoms with Gasteiger partial charge in [0.1, 0.15) is 0 Å². The molecule has 0 aliphatic heterocycles. The van der Waals surface area contributed by atoms with Crippen LogP contribution >= 0.6 is 0 Å². The quantitative estimate of drug-likeness (QED) is 0.0670. The lowest BCUT2D eigenvalue weighted by molar-refractivity contribution is 0.0975. The fourth-order valence-corrected chi connectivity index (χ4v) is 13.9. The molecule has 9 nitrogen and oxygen atoms in total. The first-order valence-electron chi connectivity index (χ1n) is 34.6. The van der Waals surface area contributed by atoms with Gasteiger partial charge in [-0.2, -0.15) is 0 Å². The summed E-state index contributed by atoms with van der Waals surface area (Å²) in [7, 11) is 0. The maximum absolute atomic E-state index is 12.8. The van der Waals surface area contributed by atoms with E-state index in [1.807, 2.05) is 140 Å². The maximum atomic E-state index is 12.8. The van der Waals surface area contributed by atoms with Crippen LogP contribution in [-0.2, 0) is 0 Å². The van der Waals surface area contributed by atoms with Crippen LogP contribution in [-0.4, -0.2) is 34.7 Å². The van der Waals surface area contributed by atoms with Gasteiger partial charge in [0.05, 0.1) is 16.7 Å². The van der Waals surface area contributed by atoms with Gasteiger partial charge in [-0.15, -0.1) is 0 Å². The molecular weight excluding hydrogens is 1290 g/mol. The van der Waals surface area contributed by atoms with E-state index in [-0.39, 0.29) is 51.4 Å². The zero-order chi connectivity index (χ0) is 71.3. The van der Waals surface area contributed by atoms with E-state index in [1.165, 1.54) is 0 Å². The second kappa shape index (κ2) is 28.8. The lowest BCUT2D eigenvalue weighted by Crippen LogP contribution is -2.09. The highest BCUT2D eigenvalue weighted by Crippen LogP contribution is 2.41. The lowest BCUT2D eigenvalue weighted by Gasteiger charge is -2.25. The summed E-state index contributed by atoms with van der Waals surface area (Å²) in [6, 6.07) is 120. The van der Waals surface area contributed by atoms with Gasteiger partial charge in [0, 0.05) is 84.6 Å². The van der Waals surface area contributed by atoms with Crippen LogP contribution in [0.5, 0.6) is 0 Å². The molecule has 3 aliphatic carbocycles. The van der Waals surface area contributed by atoms with Gasteiger partial charge in [0.2, 0.25) is 0 Å². The molecule has 0 heterocycles. The van der Waals surface area contributed by atoms with E-state index in [0.717, 1.165) is 100 Å². The predicted molar refractivity (Wildman–Crippen MR) is 425 cm³/mol. The van der Waals surface area contributed by atoms with Gasteiger partial charge in [-0.25, -0.2) is 0 Å². The highest BCUT2D eigenvalue weighted by molar-refractivity contribution is 6.43. The van der Waals surface area contributed by atoms with Crippen molar-refractivity contribution in [2.24, 2.45) is 0 Å². The molecule has 0 atom stereocenters. The third-order valence-electron chi connectivity index (χ3n) is 19.1. The predicted octanol–water partition coefficient (Wildman–Crippen LogP) is 23.3. The minimum atomic E-state index is -0.208. The highest BCUT2D eigenvalue weighted by atomic mass is 16.2. The van der Waals surface area contributed by atoms with Crippen molar-refractivity contribution in [1.29, 1.82) is 0 Å². The number of rotatable bonds is 12. The van der Waals surface area contributed by atoms with E-state index in [9.17, 15) is 28.8 Å². The smallest absolute Gasteiger partial charge is 0.197 e. The summed E-state index contributed by atoms with van der Waals surface area (Å²) in [6.07, 6.45) is 5.11. The van der Waals surface area contributed by atoms with Gasteiger partial charge >= 0.3 is 0 Å². The van der Waals surface area contributed by atoms with Gasteiger partial charge in [-0.1, -0.05) is 231 Å². The third-order valence-corrected chi connectivity index (χ3v) is 19.1. The number of carbonyl (C=O) groups excluding carboxylic acids is 6. The molecule has 3 aliphatic rings. The Morgan fingerprint density at radius 3 is 0.676 bits per heavy atom. The van der Waals surface area contributed by atoms with E-state index in [1.54, 1.807) is 91.0 Å². The molecule has 18 rings (SSSR count). The van der Waals surface area contributed by atoms with E-state index < -0.39 is 0 Å². The largest absolute Gasteiger partial charge is 0.311 e. The third kappa shape index (κ3) is 13.2. The van der Waals surface area contributed by atoms with E-state index in [4.69, 9.17) is 0 Å². The number of allylic oxidation sites excluding steroid dienone is 3. The Morgan fingerprint density at radius 2 is 0.362 bits per heavy atom. The SMILES string of the molecule is O=C1C(=Cc2ccc(N(c3ccccc3)c3ccccc3)cc2)C(=O)c2ccccc21.O=C1C(=Cc2ccc3cc(N(c4ccccc4)c4ccccc4)ccc3c2)C(=O)c2ccccc21.O=C1C(=Cc2ccc3cc4cc(N(c5ccccc5)c5ccccc5)ccc4cc3c2)C(=O)c2ccccc21. The summed E-state index contributed by atoms with van der Waals surface area (Å²) in [5, 5.41) is 6.54. The first-order valence-corrected chi connectivity index (χ1v) is 34.6. The monoisotopic (exact) mass is 1350 g/mol. The number of para-hydroxylation sites is 6. The van der Waals surface area contributed by atoms with E-state index >= 15 is 0 Å². The molecule has 0 unspecified atom stereocenters. The zero-order valence-electron chi connectivity index (χ0n) is 56.7. The van der Waals surface area contributed by atoms with E-state index in [2.05, 4.69) is 166 Å². The molecule has 0 aromatic heterocycles. The number of hydrogen-bond donors (Lipinski definition) is 0. The minimum Gasteiger partial charge on any atom is -0.311 e. The van der Waals surface area contributed by atoms with Crippen molar-refractivity contribution in [1.82, 2.24) is 0 Å². The molecule has 9 heteroatoms. The van der Waals surface area contributed by atoms with Gasteiger partial charge in [-0.3, -0.25) is 28.8 Å². The topological polar surface area (TPSA) is 112 Å². The maximum Gasteiger partial charge on any atom is 0.197 e. The molecule has 0 bridgehead atoms. The second-order valence-corrected chi connectivity index (χ2v) is 25.7. The number of nitrogens with zero attached hydrogens (tertiary/aromatic N) is 3. The van der Waals surface area contributed by atoms with Crippen molar-refractivity contribution in [2.45, 2.75) is 0 Å². The van der Waals surface area contributed by atoms with Gasteiger partial charge in [0.15, 0.2) is 34.7 Å². The highest BCUT2D eigenvalue weighted by Gasteiger charge is 2.35. The fourth-order valence-electron chi connectivity index (χ4n) is 13.9. The summed E-state index contributed by atoms with van der Waals surface area (Å²) in [6.45, 7) is 0. The molecule has 0 fully saturated rings. The van der Waals surface area contributed by atoms with Crippen molar-refractivity contribution in [3.05, 3.63) is 431 Å². The number of fused-ring (bicyclic) bond motifs is 6. The molecule has 105 heavy (non-hydrogen) atoms. The molecule has 15 aromatic carbocycles. The van der Waals surface area contributed by atoms with E-state index in [0.29, 0.717) is 33.4 Å². The first-order chi connectivity index (χ1) is 51.6. The number of ketones is 6. The summed E-state index contributed by atoms with van der Waals surface area (Å²) >= 11 is 0. The first kappa shape index (κ1) is 65.3. The zero-order valence-corrected chi connectivity index (χ0v) is 56.7. The molecule has 0 spiro atoms. The Kier molecular flexibility index (Phi) is 17.9. The average Bonchev–Trinajstić information content (AvgIpc) is 1.57. The Balaban J connectivity index is 0.000000122. The number of carbonyl (C=O) groups is 6. The molecule has 0 amide bonds. The van der Waals surface area contributed by atoms with Crippen LogP contribution in [0, 0.1) is 0 Å². The van der Waals surface area contributed by atoms with Crippen LogP contribution in [0.25, 0.3) is 50.5 Å². The molecule has 15 aromatic rings. The van der Waals surface area contributed by atoms with Gasteiger partial charge in [0.25, 0.3) is 0 Å². The number of anilines is 9. The van der Waals surface area contributed by atoms with Crippen molar-refractivity contribution < 1.29 is 28.8 Å². The second-order valence-electron chi connectivity index (χ2n) is 25.7. The summed E-state index contributed by atoms with van der Waals surface area (Å²) in [4.78, 5) is 83.2. The number of hydrogen-bond acceptors (Lipinski definition) is 9. The van der Waals surface area contributed by atoms with Crippen LogP contribution in [0.4, 0.5) is 51.2 Å². The summed E-state index contributed by atoms with van der Waals surface area (Å²) in [5.74, 6) is -1.24. The number of benzene rings is 15. The van der Waals surface area contributed by atoms with Crippen LogP contribution in [0.1, 0.15) is 78.8 Å². The minimum absolute atomic E-state index is 0.205. The van der Waals surface area contributed by atoms with Gasteiger partial charge < -0.3 is 14.7 Å². The lowest BCUT2D eigenvalue weighted by atomic mass is 9.99. The van der Waals surface area contributed by atoms with Crippen molar-refractivity contribution in [3.8, 4) is 0 Å². The molecule has 498 valence electrons. The molecule has 0 radical (unpaired) electrons. The van der Waals surface area contributed by atoms with Crippen LogP contribution in [0.2, 0.25) is 0 Å². The Labute approximate surface area is 607 Å². The molecule has 0 N–H and O–H groups in total. The summed E-state index contributed by atoms with van der Waals surface area (Å²) < 4.78 is 0. The number of Topliss-reactive ketones (excluding diaryl/α,β-unsaturated/α-hetero) is 6. The molecular formula is C96H63N3O6. The van der Waals surface area contributed by atoms with Crippen LogP contribution in [0.15, 0.2) is 381 Å².